The van der Waals surface area contributed by atoms with Crippen molar-refractivity contribution in [2.75, 3.05) is 13.4 Å². The summed E-state index contributed by atoms with van der Waals surface area (Å²) in [5, 5.41) is 3.33. The maximum absolute atomic E-state index is 7.89. The summed E-state index contributed by atoms with van der Waals surface area (Å²) in [5.74, 6) is 0. The summed E-state index contributed by atoms with van der Waals surface area (Å²) in [5.41, 5.74) is 7.89. The average Bonchev–Trinajstić information content (AvgIpc) is 2.34. The van der Waals surface area contributed by atoms with Crippen molar-refractivity contribution in [1.82, 2.24) is 4.90 Å². The highest BCUT2D eigenvalue weighted by atomic mass is 16.5. The number of ether oxygens (including phenoxy) is 1. The van der Waals surface area contributed by atoms with E-state index < -0.39 is 0 Å². The Kier molecular flexibility index (Phi) is 1.82. The van der Waals surface area contributed by atoms with Gasteiger partial charge in [-0.15, -0.1) is 0 Å². The Morgan fingerprint density at radius 1 is 1.89 bits per heavy atom. The van der Waals surface area contributed by atoms with Gasteiger partial charge in [0.1, 0.15) is 6.26 Å². The monoisotopic (exact) mass is 126 g/mol. The predicted molar refractivity (Wildman–Crippen MR) is 30.9 cm³/mol. The zero-order valence-corrected chi connectivity index (χ0v) is 4.77. The third kappa shape index (κ3) is 1.54. The van der Waals surface area contributed by atoms with E-state index in [2.05, 4.69) is 10.0 Å². The number of rotatable bonds is 2. The van der Waals surface area contributed by atoms with Gasteiger partial charge in [0.2, 0.25) is 0 Å². The lowest BCUT2D eigenvalue weighted by Crippen LogP contribution is -2.13. The van der Waals surface area contributed by atoms with E-state index in [1.807, 2.05) is 0 Å². The van der Waals surface area contributed by atoms with E-state index in [-0.39, 0.29) is 0 Å². The first-order chi connectivity index (χ1) is 4.43. The Bertz CT molecular complexity index is 160. The molecule has 48 valence electrons. The van der Waals surface area contributed by atoms with Gasteiger partial charge in [0, 0.05) is 11.1 Å². The molecule has 0 unspecified atom stereocenters. The van der Waals surface area contributed by atoms with Gasteiger partial charge >= 0.3 is 0 Å². The van der Waals surface area contributed by atoms with Gasteiger partial charge in [-0.25, -0.2) is 0 Å². The highest BCUT2D eigenvalue weighted by molar-refractivity contribution is 4.78. The van der Waals surface area contributed by atoms with Crippen LogP contribution >= 0.6 is 0 Å². The van der Waals surface area contributed by atoms with Crippen LogP contribution in [0.5, 0.6) is 0 Å². The Labute approximate surface area is 52.1 Å². The van der Waals surface area contributed by atoms with Gasteiger partial charge in [0.05, 0.1) is 6.67 Å². The topological polar surface area (TPSA) is 61.2 Å². The zero-order valence-electron chi connectivity index (χ0n) is 4.77. The summed E-state index contributed by atoms with van der Waals surface area (Å²) in [6.07, 6.45) is 3.29. The largest absolute Gasteiger partial charge is 0.479 e. The van der Waals surface area contributed by atoms with Crippen molar-refractivity contribution in [3.8, 4) is 0 Å². The van der Waals surface area contributed by atoms with Crippen LogP contribution < -0.4 is 0 Å². The molecule has 1 heterocycles. The fraction of sp³-hybridized carbons (Fsp3) is 0.500. The Morgan fingerprint density at radius 3 is 3.33 bits per heavy atom. The van der Waals surface area contributed by atoms with Gasteiger partial charge in [-0.3, -0.25) is 0 Å². The van der Waals surface area contributed by atoms with E-state index in [0.717, 1.165) is 0 Å². The minimum absolute atomic E-state index is 0.340. The molecule has 5 heteroatoms. The van der Waals surface area contributed by atoms with Gasteiger partial charge in [0.25, 0.3) is 0 Å². The smallest absolute Gasteiger partial charge is 0.160 e. The van der Waals surface area contributed by atoms with Crippen LogP contribution in [0.1, 0.15) is 0 Å². The highest BCUT2D eigenvalue weighted by Gasteiger charge is 2.00. The van der Waals surface area contributed by atoms with Crippen molar-refractivity contribution in [3.05, 3.63) is 22.9 Å². The second kappa shape index (κ2) is 2.84. The molecule has 0 radical (unpaired) electrons. The van der Waals surface area contributed by atoms with Gasteiger partial charge in [-0.2, -0.15) is 0 Å². The van der Waals surface area contributed by atoms with Crippen molar-refractivity contribution in [3.63, 3.8) is 0 Å². The molecule has 0 aromatic rings. The van der Waals surface area contributed by atoms with E-state index in [1.165, 1.54) is 0 Å². The molecule has 5 nitrogen and oxygen atoms in total. The van der Waals surface area contributed by atoms with Crippen LogP contribution in [-0.2, 0) is 4.74 Å². The minimum atomic E-state index is 0.340. The van der Waals surface area contributed by atoms with E-state index in [9.17, 15) is 0 Å². The van der Waals surface area contributed by atoms with Crippen LogP contribution in [0.3, 0.4) is 0 Å². The van der Waals surface area contributed by atoms with Gasteiger partial charge in [-0.05, 0) is 5.53 Å². The number of hydrogen-bond acceptors (Lipinski definition) is 3. The molecule has 0 amide bonds. The van der Waals surface area contributed by atoms with Crippen molar-refractivity contribution >= 4 is 0 Å². The molecular formula is C4H6N4O. The normalized spacial score (nSPS) is 14.9. The molecule has 0 atom stereocenters. The van der Waals surface area contributed by atoms with E-state index >= 15 is 0 Å². The standard InChI is InChI=1S/C4H6N4O/c5-7-6-3-8-1-2-9-4-8/h1-2H,3-4H2. The molecule has 1 rings (SSSR count). The van der Waals surface area contributed by atoms with Crippen LogP contribution in [0.2, 0.25) is 0 Å². The molecule has 0 aliphatic carbocycles. The fourth-order valence-corrected chi connectivity index (χ4v) is 0.508. The third-order valence-corrected chi connectivity index (χ3v) is 0.916. The van der Waals surface area contributed by atoms with Crippen molar-refractivity contribution < 1.29 is 4.74 Å². The molecule has 1 aliphatic heterocycles. The molecule has 0 saturated heterocycles. The van der Waals surface area contributed by atoms with Crippen LogP contribution in [0.15, 0.2) is 17.6 Å². The molecule has 0 aromatic heterocycles. The molecule has 0 spiro atoms. The first-order valence-corrected chi connectivity index (χ1v) is 2.46. The van der Waals surface area contributed by atoms with Crippen molar-refractivity contribution in [1.29, 1.82) is 0 Å². The average molecular weight is 126 g/mol. The van der Waals surface area contributed by atoms with E-state index in [1.54, 1.807) is 17.4 Å². The molecule has 0 saturated carbocycles. The lowest BCUT2D eigenvalue weighted by atomic mass is 10.8. The summed E-state index contributed by atoms with van der Waals surface area (Å²) in [4.78, 5) is 4.34. The third-order valence-electron chi connectivity index (χ3n) is 0.916. The molecule has 0 bridgehead atoms. The fourth-order valence-electron chi connectivity index (χ4n) is 0.508. The Morgan fingerprint density at radius 2 is 2.78 bits per heavy atom. The minimum Gasteiger partial charge on any atom is -0.479 e. The van der Waals surface area contributed by atoms with Crippen LogP contribution in [0.25, 0.3) is 10.4 Å². The van der Waals surface area contributed by atoms with Crippen molar-refractivity contribution in [2.24, 2.45) is 5.11 Å². The number of nitrogens with zero attached hydrogens (tertiary/aromatic N) is 4. The zero-order chi connectivity index (χ0) is 6.53. The lowest BCUT2D eigenvalue weighted by Gasteiger charge is -2.07. The van der Waals surface area contributed by atoms with E-state index in [0.29, 0.717) is 13.4 Å². The molecule has 0 fully saturated rings. The summed E-state index contributed by atoms with van der Waals surface area (Å²) in [6.45, 7) is 0.825. The van der Waals surface area contributed by atoms with Gasteiger partial charge < -0.3 is 9.64 Å². The van der Waals surface area contributed by atoms with Gasteiger partial charge in [0.15, 0.2) is 6.73 Å². The van der Waals surface area contributed by atoms with E-state index in [4.69, 9.17) is 10.3 Å². The van der Waals surface area contributed by atoms with Gasteiger partial charge in [-0.1, -0.05) is 5.11 Å². The number of hydrogen-bond donors (Lipinski definition) is 0. The molecule has 0 N–H and O–H groups in total. The lowest BCUT2D eigenvalue weighted by molar-refractivity contribution is 0.174. The van der Waals surface area contributed by atoms with Crippen LogP contribution in [0.4, 0.5) is 0 Å². The molecule has 1 aliphatic rings. The second-order valence-electron chi connectivity index (χ2n) is 1.54. The van der Waals surface area contributed by atoms with Crippen LogP contribution in [-0.4, -0.2) is 18.3 Å². The van der Waals surface area contributed by atoms with Crippen LogP contribution in [0, 0.1) is 0 Å². The summed E-state index contributed by atoms with van der Waals surface area (Å²) < 4.78 is 4.82. The quantitative estimate of drug-likeness (QED) is 0.315. The maximum Gasteiger partial charge on any atom is 0.160 e. The SMILES string of the molecule is [N-]=[N+]=NCN1C=COC1. The molecule has 9 heavy (non-hydrogen) atoms. The Balaban J connectivity index is 2.27. The summed E-state index contributed by atoms with van der Waals surface area (Å²) >= 11 is 0. The summed E-state index contributed by atoms with van der Waals surface area (Å²) in [6, 6.07) is 0. The predicted octanol–water partition coefficient (Wildman–Crippen LogP) is 1.02. The first kappa shape index (κ1) is 5.78. The van der Waals surface area contributed by atoms with Crippen molar-refractivity contribution in [2.45, 2.75) is 0 Å². The first-order valence-electron chi connectivity index (χ1n) is 2.46. The maximum atomic E-state index is 7.89. The number of azide groups is 1. The highest BCUT2D eigenvalue weighted by Crippen LogP contribution is 1.99. The second-order valence-corrected chi connectivity index (χ2v) is 1.54. The Hall–Kier alpha value is -1.35. The summed E-state index contributed by atoms with van der Waals surface area (Å²) in [7, 11) is 0. The molecule has 0 aromatic carbocycles. The molecular weight excluding hydrogens is 120 g/mol.